The fraction of sp³-hybridized carbons (Fsp3) is 0.552. The Morgan fingerprint density at radius 1 is 0.594 bits per heavy atom. The largest absolute Gasteiger partial charge is 0.372 e. The van der Waals surface area contributed by atoms with Gasteiger partial charge in [-0.15, -0.1) is 0 Å². The van der Waals surface area contributed by atoms with Gasteiger partial charge in [-0.1, -0.05) is 70.4 Å². The van der Waals surface area contributed by atoms with E-state index in [4.69, 9.17) is 0 Å². The molecule has 0 unspecified atom stereocenters. The summed E-state index contributed by atoms with van der Waals surface area (Å²) in [7, 11) is 8.62. The predicted molar refractivity (Wildman–Crippen MR) is 142 cm³/mol. The molecule has 3 nitrogen and oxygen atoms in total. The van der Waals surface area contributed by atoms with Crippen molar-refractivity contribution in [3.63, 3.8) is 0 Å². The van der Waals surface area contributed by atoms with Crippen LogP contribution in [-0.2, 0) is 6.54 Å². The van der Waals surface area contributed by atoms with Gasteiger partial charge in [0.25, 0.3) is 0 Å². The SMILES string of the molecule is CCCCCCCCCCCC[n+]1c2c(N(C)C)cccc2cc2cccc(N(C)C)c21. The lowest BCUT2D eigenvalue weighted by molar-refractivity contribution is -0.645. The highest BCUT2D eigenvalue weighted by Crippen LogP contribution is 2.30. The minimum absolute atomic E-state index is 1.07. The first-order valence-electron chi connectivity index (χ1n) is 12.8. The van der Waals surface area contributed by atoms with Crippen LogP contribution in [0.4, 0.5) is 11.4 Å². The van der Waals surface area contributed by atoms with Crippen LogP contribution in [0.3, 0.4) is 0 Å². The Kier molecular flexibility index (Phi) is 9.20. The van der Waals surface area contributed by atoms with Gasteiger partial charge in [-0.25, -0.2) is 0 Å². The quantitative estimate of drug-likeness (QED) is 0.158. The summed E-state index contributed by atoms with van der Waals surface area (Å²) in [5.41, 5.74) is 5.31. The van der Waals surface area contributed by atoms with E-state index in [1.54, 1.807) is 0 Å². The number of hydrogen-bond acceptors (Lipinski definition) is 2. The van der Waals surface area contributed by atoms with E-state index in [-0.39, 0.29) is 0 Å². The highest BCUT2D eigenvalue weighted by atomic mass is 15.1. The van der Waals surface area contributed by atoms with E-state index in [1.165, 1.54) is 97.4 Å². The summed E-state index contributed by atoms with van der Waals surface area (Å²) in [5, 5.41) is 2.65. The minimum Gasteiger partial charge on any atom is -0.372 e. The summed E-state index contributed by atoms with van der Waals surface area (Å²) in [5.74, 6) is 0. The Balaban J connectivity index is 1.80. The van der Waals surface area contributed by atoms with Crippen LogP contribution in [0.5, 0.6) is 0 Å². The summed E-state index contributed by atoms with van der Waals surface area (Å²) in [6.45, 7) is 3.36. The van der Waals surface area contributed by atoms with E-state index in [2.05, 4.69) is 91.9 Å². The lowest BCUT2D eigenvalue weighted by Crippen LogP contribution is -2.38. The molecule has 0 amide bonds. The van der Waals surface area contributed by atoms with E-state index >= 15 is 0 Å². The number of fused-ring (bicyclic) bond motifs is 2. The zero-order valence-electron chi connectivity index (χ0n) is 21.2. The molecule has 0 fully saturated rings. The summed E-state index contributed by atoms with van der Waals surface area (Å²) in [4.78, 5) is 4.50. The topological polar surface area (TPSA) is 10.4 Å². The van der Waals surface area contributed by atoms with E-state index in [9.17, 15) is 0 Å². The molecule has 0 saturated carbocycles. The Morgan fingerprint density at radius 3 is 1.47 bits per heavy atom. The van der Waals surface area contributed by atoms with Crippen molar-refractivity contribution in [2.24, 2.45) is 0 Å². The van der Waals surface area contributed by atoms with E-state index in [1.807, 2.05) is 0 Å². The molecule has 0 aliphatic heterocycles. The van der Waals surface area contributed by atoms with E-state index < -0.39 is 0 Å². The van der Waals surface area contributed by atoms with Crippen LogP contribution in [0, 0.1) is 0 Å². The van der Waals surface area contributed by atoms with Crippen LogP contribution >= 0.6 is 0 Å². The van der Waals surface area contributed by atoms with Crippen LogP contribution in [0.15, 0.2) is 42.5 Å². The summed E-state index contributed by atoms with van der Waals surface area (Å²) in [6, 6.07) is 15.8. The smallest absolute Gasteiger partial charge is 0.236 e. The molecule has 2 aromatic carbocycles. The third kappa shape index (κ3) is 5.94. The molecule has 1 heterocycles. The Bertz CT molecular complexity index is 925. The normalized spacial score (nSPS) is 11.4. The number of benzene rings is 2. The maximum Gasteiger partial charge on any atom is 0.236 e. The van der Waals surface area contributed by atoms with Crippen LogP contribution in [0.25, 0.3) is 21.8 Å². The van der Waals surface area contributed by atoms with Crippen LogP contribution in [0.1, 0.15) is 71.1 Å². The van der Waals surface area contributed by atoms with Crippen molar-refractivity contribution in [2.75, 3.05) is 38.0 Å². The average molecular weight is 435 g/mol. The fourth-order valence-electron chi connectivity index (χ4n) is 4.90. The summed E-state index contributed by atoms with van der Waals surface area (Å²) in [6.07, 6.45) is 13.7. The molecule has 0 aliphatic carbocycles. The van der Waals surface area contributed by atoms with Crippen LogP contribution in [-0.4, -0.2) is 28.2 Å². The number of unbranched alkanes of at least 4 members (excludes halogenated alkanes) is 9. The molecule has 0 spiro atoms. The second-order valence-electron chi connectivity index (χ2n) is 9.70. The predicted octanol–water partition coefficient (Wildman–Crippen LogP) is 7.33. The molecule has 0 radical (unpaired) electrons. The van der Waals surface area contributed by atoms with Gasteiger partial charge < -0.3 is 9.80 Å². The maximum atomic E-state index is 2.60. The summed E-state index contributed by atoms with van der Waals surface area (Å²) >= 11 is 0. The first-order valence-corrected chi connectivity index (χ1v) is 12.8. The molecule has 3 aromatic rings. The Morgan fingerprint density at radius 2 is 1.03 bits per heavy atom. The van der Waals surface area contributed by atoms with Gasteiger partial charge in [-0.2, -0.15) is 4.57 Å². The third-order valence-electron chi connectivity index (χ3n) is 6.64. The van der Waals surface area contributed by atoms with Crippen molar-refractivity contribution in [1.29, 1.82) is 0 Å². The van der Waals surface area contributed by atoms with Crippen molar-refractivity contribution in [3.8, 4) is 0 Å². The summed E-state index contributed by atoms with van der Waals surface area (Å²) < 4.78 is 2.60. The minimum atomic E-state index is 1.07. The molecule has 0 saturated heterocycles. The molecule has 32 heavy (non-hydrogen) atoms. The number of pyridine rings is 1. The first-order chi connectivity index (χ1) is 15.5. The molecular formula is C29H44N3+. The van der Waals surface area contributed by atoms with Gasteiger partial charge in [0.2, 0.25) is 11.0 Å². The van der Waals surface area contributed by atoms with Gasteiger partial charge in [0.05, 0.1) is 0 Å². The molecule has 1 aromatic heterocycles. The Labute approximate surface area is 196 Å². The molecule has 0 atom stereocenters. The lowest BCUT2D eigenvalue weighted by Gasteiger charge is -2.18. The number of nitrogens with zero attached hydrogens (tertiary/aromatic N) is 3. The number of para-hydroxylation sites is 2. The fourth-order valence-corrected chi connectivity index (χ4v) is 4.90. The van der Waals surface area contributed by atoms with Crippen molar-refractivity contribution < 1.29 is 4.57 Å². The van der Waals surface area contributed by atoms with Crippen molar-refractivity contribution in [1.82, 2.24) is 0 Å². The van der Waals surface area contributed by atoms with Gasteiger partial charge in [-0.05, 0) is 36.8 Å². The van der Waals surface area contributed by atoms with E-state index in [0.717, 1.165) is 6.54 Å². The highest BCUT2D eigenvalue weighted by molar-refractivity contribution is 5.98. The molecule has 0 bridgehead atoms. The lowest BCUT2D eigenvalue weighted by atomic mass is 10.0. The number of hydrogen-bond donors (Lipinski definition) is 0. The third-order valence-corrected chi connectivity index (χ3v) is 6.64. The van der Waals surface area contributed by atoms with Crippen LogP contribution in [0.2, 0.25) is 0 Å². The van der Waals surface area contributed by atoms with Gasteiger partial charge in [-0.3, -0.25) is 0 Å². The van der Waals surface area contributed by atoms with Crippen molar-refractivity contribution in [2.45, 2.75) is 77.7 Å². The monoisotopic (exact) mass is 434 g/mol. The number of anilines is 2. The number of aryl methyl sites for hydroxylation is 1. The Hall–Kier alpha value is -2.29. The maximum absolute atomic E-state index is 2.60. The van der Waals surface area contributed by atoms with Gasteiger partial charge in [0.15, 0.2) is 0 Å². The molecular weight excluding hydrogens is 390 g/mol. The van der Waals surface area contributed by atoms with Gasteiger partial charge in [0.1, 0.15) is 17.9 Å². The highest BCUT2D eigenvalue weighted by Gasteiger charge is 2.22. The first kappa shape index (κ1) is 24.4. The van der Waals surface area contributed by atoms with Gasteiger partial charge in [0, 0.05) is 45.4 Å². The molecule has 3 heteroatoms. The second-order valence-corrected chi connectivity index (χ2v) is 9.70. The average Bonchev–Trinajstić information content (AvgIpc) is 2.78. The number of rotatable bonds is 13. The van der Waals surface area contributed by atoms with Crippen molar-refractivity contribution >= 4 is 33.2 Å². The molecule has 0 aliphatic rings. The van der Waals surface area contributed by atoms with Gasteiger partial charge >= 0.3 is 0 Å². The second kappa shape index (κ2) is 12.1. The molecule has 3 rings (SSSR count). The zero-order chi connectivity index (χ0) is 22.9. The van der Waals surface area contributed by atoms with E-state index in [0.29, 0.717) is 0 Å². The molecule has 0 N–H and O–H groups in total. The van der Waals surface area contributed by atoms with Crippen LogP contribution < -0.4 is 14.4 Å². The zero-order valence-corrected chi connectivity index (χ0v) is 21.2. The van der Waals surface area contributed by atoms with Crippen molar-refractivity contribution in [3.05, 3.63) is 42.5 Å². The molecule has 174 valence electrons. The number of aromatic nitrogens is 1. The standard InChI is InChI=1S/C29H44N3/c1-6-7-8-9-10-11-12-13-14-15-22-32-28-24(18-16-20-26(28)30(2)3)23-25-19-17-21-27(29(25)32)31(4)5/h16-21,23H,6-15,22H2,1-5H3/q+1.